The van der Waals surface area contributed by atoms with Gasteiger partial charge in [-0.15, -0.1) is 0 Å². The molecule has 1 aliphatic heterocycles. The zero-order valence-electron chi connectivity index (χ0n) is 9.09. The summed E-state index contributed by atoms with van der Waals surface area (Å²) in [6.07, 6.45) is 1.70. The highest BCUT2D eigenvalue weighted by Crippen LogP contribution is 2.20. The Hall–Kier alpha value is -1.85. The fourth-order valence-electron chi connectivity index (χ4n) is 1.79. The Kier molecular flexibility index (Phi) is 2.89. The normalized spacial score (nSPS) is 13.8. The van der Waals surface area contributed by atoms with Crippen molar-refractivity contribution in [3.63, 3.8) is 0 Å². The van der Waals surface area contributed by atoms with E-state index in [0.717, 1.165) is 30.6 Å². The predicted molar refractivity (Wildman–Crippen MR) is 59.2 cm³/mol. The van der Waals surface area contributed by atoms with Crippen molar-refractivity contribution in [3.8, 4) is 0 Å². The van der Waals surface area contributed by atoms with Crippen LogP contribution in [0.3, 0.4) is 0 Å². The molecule has 16 heavy (non-hydrogen) atoms. The quantitative estimate of drug-likeness (QED) is 0.644. The summed E-state index contributed by atoms with van der Waals surface area (Å²) in [5.74, 6) is -0.113. The van der Waals surface area contributed by atoms with Crippen LogP contribution in [-0.4, -0.2) is 22.6 Å². The van der Waals surface area contributed by atoms with Crippen molar-refractivity contribution >= 4 is 11.6 Å². The molecule has 0 spiro atoms. The second-order valence-electron chi connectivity index (χ2n) is 3.79. The number of hydrogen-bond acceptors (Lipinski definition) is 4. The number of hydrogen-bond donors (Lipinski definition) is 3. The lowest BCUT2D eigenvalue weighted by Crippen LogP contribution is -2.28. The first-order valence-electron chi connectivity index (χ1n) is 5.27. The van der Waals surface area contributed by atoms with Crippen molar-refractivity contribution in [2.75, 3.05) is 11.9 Å². The Morgan fingerprint density at radius 3 is 3.12 bits per heavy atom. The third kappa shape index (κ3) is 2.05. The monoisotopic (exact) mass is 222 g/mol. The lowest BCUT2D eigenvalue weighted by Gasteiger charge is -2.19. The number of anilines is 1. The fourth-order valence-corrected chi connectivity index (χ4v) is 1.79. The summed E-state index contributed by atoms with van der Waals surface area (Å²) in [4.78, 5) is 22.3. The van der Waals surface area contributed by atoms with Crippen LogP contribution in [0.15, 0.2) is 4.79 Å². The van der Waals surface area contributed by atoms with Gasteiger partial charge in [-0.05, 0) is 12.8 Å². The molecule has 0 aliphatic carbocycles. The second kappa shape index (κ2) is 4.34. The molecule has 0 aromatic carbocycles. The van der Waals surface area contributed by atoms with Crippen molar-refractivity contribution in [2.45, 2.75) is 26.3 Å². The molecular weight excluding hydrogens is 208 g/mol. The van der Waals surface area contributed by atoms with Gasteiger partial charge in [0, 0.05) is 19.0 Å². The zero-order chi connectivity index (χ0) is 11.5. The number of carbonyl (C=O) groups is 1. The standard InChI is InChI=1S/C10H14N4O2/c1-6(15)12-5-8-9-7(3-2-4-11-9)10(16)14-13-8/h11H,2-5H2,1H3,(H,12,15)(H,14,16). The van der Waals surface area contributed by atoms with E-state index in [1.54, 1.807) is 0 Å². The number of fused-ring (bicyclic) bond motifs is 1. The van der Waals surface area contributed by atoms with Gasteiger partial charge >= 0.3 is 0 Å². The molecule has 6 heteroatoms. The van der Waals surface area contributed by atoms with Crippen LogP contribution in [0.2, 0.25) is 0 Å². The van der Waals surface area contributed by atoms with E-state index in [1.807, 2.05) is 0 Å². The van der Waals surface area contributed by atoms with Gasteiger partial charge in [0.25, 0.3) is 5.56 Å². The Bertz CT molecular complexity index is 466. The van der Waals surface area contributed by atoms with Crippen molar-refractivity contribution in [1.29, 1.82) is 0 Å². The lowest BCUT2D eigenvalue weighted by molar-refractivity contribution is -0.119. The van der Waals surface area contributed by atoms with Gasteiger partial charge in [-0.2, -0.15) is 5.10 Å². The van der Waals surface area contributed by atoms with Gasteiger partial charge in [0.05, 0.1) is 12.2 Å². The number of amides is 1. The molecule has 2 rings (SSSR count). The fraction of sp³-hybridized carbons (Fsp3) is 0.500. The molecule has 1 aromatic heterocycles. The van der Waals surface area contributed by atoms with Crippen molar-refractivity contribution in [1.82, 2.24) is 15.5 Å². The lowest BCUT2D eigenvalue weighted by atomic mass is 10.0. The maximum Gasteiger partial charge on any atom is 0.269 e. The highest BCUT2D eigenvalue weighted by molar-refractivity contribution is 5.73. The molecule has 2 heterocycles. The molecule has 0 radical (unpaired) electrons. The summed E-state index contributed by atoms with van der Waals surface area (Å²) in [6, 6.07) is 0. The van der Waals surface area contributed by atoms with E-state index in [2.05, 4.69) is 20.8 Å². The molecule has 3 N–H and O–H groups in total. The molecule has 0 saturated carbocycles. The first kappa shape index (κ1) is 10.7. The van der Waals surface area contributed by atoms with E-state index in [0.29, 0.717) is 12.2 Å². The molecule has 1 aliphatic rings. The van der Waals surface area contributed by atoms with E-state index >= 15 is 0 Å². The molecule has 0 bridgehead atoms. The Morgan fingerprint density at radius 2 is 2.38 bits per heavy atom. The van der Waals surface area contributed by atoms with Gasteiger partial charge < -0.3 is 10.6 Å². The average molecular weight is 222 g/mol. The van der Waals surface area contributed by atoms with Crippen LogP contribution in [0.4, 0.5) is 5.69 Å². The Labute approximate surface area is 92.4 Å². The van der Waals surface area contributed by atoms with Crippen LogP contribution in [0, 0.1) is 0 Å². The Morgan fingerprint density at radius 1 is 1.56 bits per heavy atom. The van der Waals surface area contributed by atoms with Crippen LogP contribution >= 0.6 is 0 Å². The van der Waals surface area contributed by atoms with Gasteiger partial charge in [0.1, 0.15) is 5.69 Å². The molecule has 0 fully saturated rings. The summed E-state index contributed by atoms with van der Waals surface area (Å²) < 4.78 is 0. The number of nitrogens with zero attached hydrogens (tertiary/aromatic N) is 1. The van der Waals surface area contributed by atoms with E-state index < -0.39 is 0 Å². The largest absolute Gasteiger partial charge is 0.383 e. The summed E-state index contributed by atoms with van der Waals surface area (Å²) in [6.45, 7) is 2.62. The topological polar surface area (TPSA) is 86.9 Å². The van der Waals surface area contributed by atoms with Gasteiger partial charge in [-0.25, -0.2) is 5.10 Å². The summed E-state index contributed by atoms with van der Waals surface area (Å²) in [7, 11) is 0. The van der Waals surface area contributed by atoms with Crippen LogP contribution < -0.4 is 16.2 Å². The second-order valence-corrected chi connectivity index (χ2v) is 3.79. The molecule has 0 atom stereocenters. The molecule has 6 nitrogen and oxygen atoms in total. The van der Waals surface area contributed by atoms with Gasteiger partial charge in [0.2, 0.25) is 5.91 Å². The van der Waals surface area contributed by atoms with E-state index in [9.17, 15) is 9.59 Å². The highest BCUT2D eigenvalue weighted by atomic mass is 16.1. The van der Waals surface area contributed by atoms with Gasteiger partial charge in [-0.1, -0.05) is 0 Å². The first-order chi connectivity index (χ1) is 7.68. The highest BCUT2D eigenvalue weighted by Gasteiger charge is 2.17. The van der Waals surface area contributed by atoms with Crippen LogP contribution in [0.5, 0.6) is 0 Å². The van der Waals surface area contributed by atoms with Crippen molar-refractivity contribution in [2.24, 2.45) is 0 Å². The number of carbonyl (C=O) groups excluding carboxylic acids is 1. The number of H-pyrrole nitrogens is 1. The smallest absolute Gasteiger partial charge is 0.269 e. The minimum Gasteiger partial charge on any atom is -0.383 e. The summed E-state index contributed by atoms with van der Waals surface area (Å²) in [5, 5.41) is 12.2. The molecule has 86 valence electrons. The maximum absolute atomic E-state index is 11.5. The van der Waals surface area contributed by atoms with E-state index in [-0.39, 0.29) is 11.5 Å². The zero-order valence-corrected chi connectivity index (χ0v) is 9.09. The van der Waals surface area contributed by atoms with Gasteiger partial charge in [-0.3, -0.25) is 9.59 Å². The van der Waals surface area contributed by atoms with Gasteiger partial charge in [0.15, 0.2) is 0 Å². The van der Waals surface area contributed by atoms with Crippen molar-refractivity contribution in [3.05, 3.63) is 21.6 Å². The van der Waals surface area contributed by atoms with E-state index in [4.69, 9.17) is 0 Å². The Balaban J connectivity index is 2.31. The van der Waals surface area contributed by atoms with Crippen LogP contribution in [0.25, 0.3) is 0 Å². The summed E-state index contributed by atoms with van der Waals surface area (Å²) in [5.41, 5.74) is 2.06. The minimum atomic E-state index is -0.145. The maximum atomic E-state index is 11.5. The van der Waals surface area contributed by atoms with Crippen molar-refractivity contribution < 1.29 is 4.79 Å². The number of aromatic amines is 1. The summed E-state index contributed by atoms with van der Waals surface area (Å²) >= 11 is 0. The SMILES string of the molecule is CC(=O)NCc1n[nH]c(=O)c2c1NCCC2. The molecule has 1 aromatic rings. The van der Waals surface area contributed by atoms with Crippen LogP contribution in [-0.2, 0) is 17.8 Å². The third-order valence-corrected chi connectivity index (χ3v) is 2.57. The van der Waals surface area contributed by atoms with E-state index in [1.165, 1.54) is 6.92 Å². The first-order valence-corrected chi connectivity index (χ1v) is 5.27. The number of aromatic nitrogens is 2. The number of rotatable bonds is 2. The molecule has 0 saturated heterocycles. The third-order valence-electron chi connectivity index (χ3n) is 2.57. The predicted octanol–water partition coefficient (Wildman–Crippen LogP) is -0.236. The molecular formula is C10H14N4O2. The number of nitrogens with one attached hydrogen (secondary N) is 3. The molecule has 1 amide bonds. The van der Waals surface area contributed by atoms with Crippen LogP contribution in [0.1, 0.15) is 24.6 Å². The minimum absolute atomic E-state index is 0.113. The molecule has 0 unspecified atom stereocenters. The average Bonchev–Trinajstić information content (AvgIpc) is 2.28.